The van der Waals surface area contributed by atoms with Crippen LogP contribution in [0.1, 0.15) is 32.1 Å². The van der Waals surface area contributed by atoms with Crippen LogP contribution < -0.4 is 16.1 Å². The predicted molar refractivity (Wildman–Crippen MR) is 90.4 cm³/mol. The lowest BCUT2D eigenvalue weighted by atomic mass is 10.2. The summed E-state index contributed by atoms with van der Waals surface area (Å²) in [5, 5.41) is 7.32. The average Bonchev–Trinajstić information content (AvgIpc) is 3.13. The van der Waals surface area contributed by atoms with Crippen LogP contribution in [-0.2, 0) is 9.63 Å². The zero-order chi connectivity index (χ0) is 15.6. The summed E-state index contributed by atoms with van der Waals surface area (Å²) in [5.74, 6) is 1.54. The third-order valence-electron chi connectivity index (χ3n) is 4.98. The van der Waals surface area contributed by atoms with Gasteiger partial charge >= 0.3 is 0 Å². The second-order valence-corrected chi connectivity index (χ2v) is 8.37. The molecule has 6 nitrogen and oxygen atoms in total. The van der Waals surface area contributed by atoms with Crippen molar-refractivity contribution in [3.8, 4) is 0 Å². The van der Waals surface area contributed by atoms with Crippen molar-refractivity contribution in [3.05, 3.63) is 11.8 Å². The number of carbonyl (C=O) groups is 1. The van der Waals surface area contributed by atoms with E-state index in [-0.39, 0.29) is 18.0 Å². The molecule has 2 unspecified atom stereocenters. The molecule has 1 amide bonds. The van der Waals surface area contributed by atoms with Gasteiger partial charge in [-0.2, -0.15) is 0 Å². The molecule has 0 aromatic rings. The van der Waals surface area contributed by atoms with Gasteiger partial charge in [-0.15, -0.1) is 5.48 Å². The third kappa shape index (κ3) is 4.02. The first-order chi connectivity index (χ1) is 11.3. The average molecular weight is 338 g/mol. The Kier molecular flexibility index (Phi) is 4.80. The van der Waals surface area contributed by atoms with Crippen molar-refractivity contribution in [1.82, 2.24) is 20.4 Å². The molecular weight excluding hydrogens is 312 g/mol. The first-order valence-corrected chi connectivity index (χ1v) is 9.68. The Morgan fingerprint density at radius 2 is 2.09 bits per heavy atom. The molecule has 3 fully saturated rings. The van der Waals surface area contributed by atoms with E-state index >= 15 is 0 Å². The number of allylic oxidation sites excluding steroid dienone is 1. The minimum absolute atomic E-state index is 0.0411. The lowest BCUT2D eigenvalue weighted by Gasteiger charge is -2.26. The number of hydroxylamine groups is 1. The third-order valence-corrected chi connectivity index (χ3v) is 6.38. The van der Waals surface area contributed by atoms with Crippen molar-refractivity contribution in [3.63, 3.8) is 0 Å². The van der Waals surface area contributed by atoms with Crippen molar-refractivity contribution < 1.29 is 9.63 Å². The summed E-state index contributed by atoms with van der Waals surface area (Å²) in [6.07, 6.45) is 7.85. The number of rotatable bonds is 5. The van der Waals surface area contributed by atoms with E-state index in [0.29, 0.717) is 5.92 Å². The van der Waals surface area contributed by atoms with Crippen LogP contribution in [-0.4, -0.2) is 53.7 Å². The quantitative estimate of drug-likeness (QED) is 0.644. The van der Waals surface area contributed by atoms with E-state index in [1.807, 2.05) is 18.0 Å². The van der Waals surface area contributed by atoms with Gasteiger partial charge in [-0.25, -0.2) is 4.31 Å². The normalized spacial score (nSPS) is 32.6. The molecule has 3 heterocycles. The van der Waals surface area contributed by atoms with Gasteiger partial charge in [0.05, 0.1) is 0 Å². The van der Waals surface area contributed by atoms with E-state index < -0.39 is 0 Å². The van der Waals surface area contributed by atoms with Gasteiger partial charge in [-0.1, -0.05) is 11.9 Å². The van der Waals surface area contributed by atoms with Crippen LogP contribution in [0.3, 0.4) is 0 Å². The first kappa shape index (κ1) is 15.7. The van der Waals surface area contributed by atoms with E-state index in [1.54, 1.807) is 0 Å². The molecule has 128 valence electrons. The molecule has 0 spiro atoms. The topological polar surface area (TPSA) is 65.6 Å². The highest BCUT2D eigenvalue weighted by Crippen LogP contribution is 2.38. The summed E-state index contributed by atoms with van der Waals surface area (Å²) in [6.45, 7) is 4.29. The van der Waals surface area contributed by atoms with Crippen LogP contribution in [0.15, 0.2) is 11.8 Å². The van der Waals surface area contributed by atoms with Crippen LogP contribution >= 0.6 is 11.9 Å². The van der Waals surface area contributed by atoms with Gasteiger partial charge in [0.25, 0.3) is 0 Å². The largest absolute Gasteiger partial charge is 0.412 e. The molecule has 0 aromatic carbocycles. The molecule has 7 heteroatoms. The Labute approximate surface area is 141 Å². The highest BCUT2D eigenvalue weighted by atomic mass is 32.2. The Hall–Kier alpha value is -0.760. The van der Waals surface area contributed by atoms with Gasteiger partial charge in [0, 0.05) is 30.3 Å². The minimum Gasteiger partial charge on any atom is -0.412 e. The maximum absolute atomic E-state index is 12.4. The second kappa shape index (κ2) is 7.01. The fraction of sp³-hybridized carbons (Fsp3) is 0.812. The summed E-state index contributed by atoms with van der Waals surface area (Å²) in [4.78, 5) is 17.8. The fourth-order valence-electron chi connectivity index (χ4n) is 3.42. The Bertz CT molecular complexity index is 477. The number of nitrogens with zero attached hydrogens (tertiary/aromatic N) is 1. The van der Waals surface area contributed by atoms with Crippen LogP contribution in [0.25, 0.3) is 0 Å². The fourth-order valence-corrected chi connectivity index (χ4v) is 4.77. The highest BCUT2D eigenvalue weighted by molar-refractivity contribution is 7.97. The number of hydrogen-bond donors (Lipinski definition) is 3. The molecule has 2 saturated heterocycles. The van der Waals surface area contributed by atoms with Crippen molar-refractivity contribution in [2.45, 2.75) is 49.4 Å². The molecule has 1 aliphatic carbocycles. The molecule has 0 aromatic heterocycles. The monoisotopic (exact) mass is 338 g/mol. The number of piperidine rings is 1. The van der Waals surface area contributed by atoms with Crippen molar-refractivity contribution in [2.75, 3.05) is 26.2 Å². The van der Waals surface area contributed by atoms with Gasteiger partial charge in [0.2, 0.25) is 5.91 Å². The molecule has 23 heavy (non-hydrogen) atoms. The molecule has 1 saturated carbocycles. The van der Waals surface area contributed by atoms with Crippen LogP contribution in [0.4, 0.5) is 0 Å². The number of carbonyl (C=O) groups excluding carboxylic acids is 1. The lowest BCUT2D eigenvalue weighted by molar-refractivity contribution is -0.124. The maximum atomic E-state index is 12.4. The summed E-state index contributed by atoms with van der Waals surface area (Å²) in [5.41, 5.74) is 2.85. The molecule has 4 rings (SSSR count). The lowest BCUT2D eigenvalue weighted by Crippen LogP contribution is -2.45. The predicted octanol–water partition coefficient (Wildman–Crippen LogP) is 0.774. The minimum atomic E-state index is -0.322. The molecule has 3 aliphatic heterocycles. The van der Waals surface area contributed by atoms with Crippen molar-refractivity contribution in [1.29, 1.82) is 0 Å². The molecule has 0 bridgehead atoms. The number of nitrogens with one attached hydrogen (secondary N) is 3. The molecule has 3 N–H and O–H groups in total. The SMILES string of the molecule is O=C(NC1CCN(SC2CCNCC2)C1)C1C=C(C2CC2)ON1. The Morgan fingerprint density at radius 3 is 2.87 bits per heavy atom. The zero-order valence-electron chi connectivity index (χ0n) is 13.4. The Balaban J connectivity index is 1.21. The molecule has 0 radical (unpaired) electrons. The molecular formula is C16H26N4O2S. The summed E-state index contributed by atoms with van der Waals surface area (Å²) in [7, 11) is 0. The maximum Gasteiger partial charge on any atom is 0.244 e. The van der Waals surface area contributed by atoms with E-state index in [2.05, 4.69) is 20.4 Å². The van der Waals surface area contributed by atoms with Crippen molar-refractivity contribution >= 4 is 17.9 Å². The highest BCUT2D eigenvalue weighted by Gasteiger charge is 2.35. The van der Waals surface area contributed by atoms with E-state index in [9.17, 15) is 4.79 Å². The van der Waals surface area contributed by atoms with Gasteiger partial charge < -0.3 is 15.5 Å². The van der Waals surface area contributed by atoms with Crippen molar-refractivity contribution in [2.24, 2.45) is 5.92 Å². The summed E-state index contributed by atoms with van der Waals surface area (Å²) < 4.78 is 2.44. The van der Waals surface area contributed by atoms with Gasteiger partial charge in [-0.05, 0) is 51.3 Å². The van der Waals surface area contributed by atoms with E-state index in [4.69, 9.17) is 4.84 Å². The molecule has 2 atom stereocenters. The number of amides is 1. The standard InChI is InChI=1S/C16H26N4O2S/c21-16(14-9-15(22-19-14)11-1-2-11)18-12-5-8-20(10-12)23-13-3-6-17-7-4-13/h9,11-14,17,19H,1-8,10H2,(H,18,21). The van der Waals surface area contributed by atoms with Crippen LogP contribution in [0.2, 0.25) is 0 Å². The van der Waals surface area contributed by atoms with E-state index in [1.165, 1.54) is 25.7 Å². The molecule has 4 aliphatic rings. The van der Waals surface area contributed by atoms with Gasteiger partial charge in [0.15, 0.2) is 0 Å². The van der Waals surface area contributed by atoms with E-state index in [0.717, 1.165) is 43.6 Å². The number of hydrogen-bond acceptors (Lipinski definition) is 6. The summed E-state index contributed by atoms with van der Waals surface area (Å²) >= 11 is 1.99. The zero-order valence-corrected chi connectivity index (χ0v) is 14.2. The van der Waals surface area contributed by atoms with Crippen LogP contribution in [0, 0.1) is 5.92 Å². The van der Waals surface area contributed by atoms with Gasteiger partial charge in [0.1, 0.15) is 11.8 Å². The second-order valence-electron chi connectivity index (χ2n) is 6.98. The first-order valence-electron chi connectivity index (χ1n) is 8.85. The van der Waals surface area contributed by atoms with Gasteiger partial charge in [-0.3, -0.25) is 4.79 Å². The van der Waals surface area contributed by atoms with Crippen LogP contribution in [0.5, 0.6) is 0 Å². The Morgan fingerprint density at radius 1 is 1.26 bits per heavy atom. The smallest absolute Gasteiger partial charge is 0.244 e. The summed E-state index contributed by atoms with van der Waals surface area (Å²) in [6, 6.07) is -0.0615.